The van der Waals surface area contributed by atoms with E-state index in [0.29, 0.717) is 30.6 Å². The van der Waals surface area contributed by atoms with Crippen molar-refractivity contribution in [3.63, 3.8) is 0 Å². The Morgan fingerprint density at radius 2 is 2.08 bits per heavy atom. The quantitative estimate of drug-likeness (QED) is 0.924. The fraction of sp³-hybridized carbons (Fsp3) is 0.412. The molecule has 2 aromatic heterocycles. The van der Waals surface area contributed by atoms with Crippen molar-refractivity contribution >= 4 is 11.7 Å². The Kier molecular flexibility index (Phi) is 4.88. The molecule has 0 bridgehead atoms. The van der Waals surface area contributed by atoms with Crippen molar-refractivity contribution < 1.29 is 9.53 Å². The highest BCUT2D eigenvalue weighted by molar-refractivity contribution is 5.96. The predicted octanol–water partition coefficient (Wildman–Crippen LogP) is 1.91. The summed E-state index contributed by atoms with van der Waals surface area (Å²) in [6.45, 7) is 3.25. The van der Waals surface area contributed by atoms with E-state index in [1.54, 1.807) is 12.3 Å². The fourth-order valence-corrected chi connectivity index (χ4v) is 2.84. The molecule has 1 amide bonds. The van der Waals surface area contributed by atoms with Crippen LogP contribution in [-0.2, 0) is 0 Å². The lowest BCUT2D eigenvalue weighted by molar-refractivity contribution is 0.0714. The van der Waals surface area contributed by atoms with Gasteiger partial charge in [-0.05, 0) is 44.0 Å². The van der Waals surface area contributed by atoms with Gasteiger partial charge in [0.1, 0.15) is 11.4 Å². The van der Waals surface area contributed by atoms with Gasteiger partial charge >= 0.3 is 0 Å². The van der Waals surface area contributed by atoms with Gasteiger partial charge in [-0.2, -0.15) is 5.10 Å². The first-order valence-electron chi connectivity index (χ1n) is 8.02. The summed E-state index contributed by atoms with van der Waals surface area (Å²) in [5, 5.41) is 11.3. The third kappa shape index (κ3) is 3.61. The van der Waals surface area contributed by atoms with Crippen LogP contribution in [0.5, 0.6) is 5.88 Å². The predicted molar refractivity (Wildman–Crippen MR) is 90.1 cm³/mol. The summed E-state index contributed by atoms with van der Waals surface area (Å²) in [4.78, 5) is 18.9. The maximum Gasteiger partial charge on any atom is 0.259 e. The van der Waals surface area contributed by atoms with Crippen LogP contribution in [0.4, 0.5) is 5.82 Å². The zero-order valence-corrected chi connectivity index (χ0v) is 13.9. The number of carbonyl (C=O) groups excluding carboxylic acids is 1. The van der Waals surface area contributed by atoms with E-state index in [1.165, 1.54) is 7.11 Å². The first kappa shape index (κ1) is 16.2. The number of aryl methyl sites for hydroxylation is 1. The molecule has 1 aliphatic rings. The van der Waals surface area contributed by atoms with Crippen molar-refractivity contribution in [3.8, 4) is 5.88 Å². The van der Waals surface area contributed by atoms with Crippen molar-refractivity contribution in [2.24, 2.45) is 0 Å². The average molecular weight is 327 g/mol. The van der Waals surface area contributed by atoms with Gasteiger partial charge in [-0.1, -0.05) is 0 Å². The first-order chi connectivity index (χ1) is 11.7. The summed E-state index contributed by atoms with van der Waals surface area (Å²) in [5.74, 6) is 1.13. The Bertz CT molecular complexity index is 699. The van der Waals surface area contributed by atoms with Crippen LogP contribution in [0.2, 0.25) is 0 Å². The van der Waals surface area contributed by atoms with Crippen LogP contribution in [0.25, 0.3) is 0 Å². The van der Waals surface area contributed by atoms with Crippen LogP contribution < -0.4 is 10.1 Å². The highest BCUT2D eigenvalue weighted by atomic mass is 16.5. The van der Waals surface area contributed by atoms with Gasteiger partial charge in [-0.15, -0.1) is 5.10 Å². The third-order valence-corrected chi connectivity index (χ3v) is 4.13. The maximum atomic E-state index is 12.7. The van der Waals surface area contributed by atoms with E-state index >= 15 is 0 Å². The van der Waals surface area contributed by atoms with E-state index in [9.17, 15) is 4.79 Å². The van der Waals surface area contributed by atoms with Crippen molar-refractivity contribution in [1.82, 2.24) is 20.1 Å². The SMILES string of the molecule is COc1nc(C)ccc1C(=O)N1CCC(Nc2cccnn2)CC1. The molecule has 0 atom stereocenters. The van der Waals surface area contributed by atoms with Gasteiger partial charge in [0, 0.05) is 31.0 Å². The van der Waals surface area contributed by atoms with Crippen molar-refractivity contribution in [2.45, 2.75) is 25.8 Å². The molecule has 24 heavy (non-hydrogen) atoms. The number of carbonyl (C=O) groups is 1. The normalized spacial score (nSPS) is 15.2. The number of nitrogens with one attached hydrogen (secondary N) is 1. The summed E-state index contributed by atoms with van der Waals surface area (Å²) < 4.78 is 5.25. The van der Waals surface area contributed by atoms with E-state index in [2.05, 4.69) is 20.5 Å². The molecular weight excluding hydrogens is 306 g/mol. The number of amides is 1. The molecular formula is C17H21N5O2. The number of ether oxygens (including phenoxy) is 1. The van der Waals surface area contributed by atoms with Gasteiger partial charge in [0.25, 0.3) is 5.91 Å². The summed E-state index contributed by atoms with van der Waals surface area (Å²) in [6.07, 6.45) is 3.38. The smallest absolute Gasteiger partial charge is 0.259 e. The number of piperidine rings is 1. The fourth-order valence-electron chi connectivity index (χ4n) is 2.84. The van der Waals surface area contributed by atoms with Crippen LogP contribution in [0.15, 0.2) is 30.5 Å². The van der Waals surface area contributed by atoms with Crippen LogP contribution in [0.1, 0.15) is 28.9 Å². The zero-order valence-electron chi connectivity index (χ0n) is 13.9. The number of anilines is 1. The molecule has 1 saturated heterocycles. The lowest BCUT2D eigenvalue weighted by atomic mass is 10.0. The molecule has 0 saturated carbocycles. The molecule has 2 aromatic rings. The van der Waals surface area contributed by atoms with E-state index < -0.39 is 0 Å². The van der Waals surface area contributed by atoms with Crippen LogP contribution in [0.3, 0.4) is 0 Å². The molecule has 1 aliphatic heterocycles. The van der Waals surface area contributed by atoms with Gasteiger partial charge in [0.05, 0.1) is 7.11 Å². The molecule has 3 rings (SSSR count). The minimum absolute atomic E-state index is 0.0303. The van der Waals surface area contributed by atoms with Gasteiger partial charge in [-0.25, -0.2) is 4.98 Å². The molecule has 0 spiro atoms. The Hall–Kier alpha value is -2.70. The number of rotatable bonds is 4. The molecule has 0 aromatic carbocycles. The van der Waals surface area contributed by atoms with Crippen molar-refractivity contribution in [2.75, 3.05) is 25.5 Å². The Labute approximate surface area is 141 Å². The van der Waals surface area contributed by atoms with Gasteiger partial charge in [0.15, 0.2) is 0 Å². The Morgan fingerprint density at radius 3 is 2.75 bits per heavy atom. The molecule has 0 radical (unpaired) electrons. The maximum absolute atomic E-state index is 12.7. The molecule has 7 heteroatoms. The summed E-state index contributed by atoms with van der Waals surface area (Å²) in [5.41, 5.74) is 1.35. The second kappa shape index (κ2) is 7.25. The van der Waals surface area contributed by atoms with Crippen molar-refractivity contribution in [3.05, 3.63) is 41.7 Å². The largest absolute Gasteiger partial charge is 0.480 e. The number of pyridine rings is 1. The monoisotopic (exact) mass is 327 g/mol. The first-order valence-corrected chi connectivity index (χ1v) is 8.02. The van der Waals surface area contributed by atoms with Crippen molar-refractivity contribution in [1.29, 1.82) is 0 Å². The standard InChI is InChI=1S/C17H21N5O2/c1-12-5-6-14(16(19-12)24-2)17(23)22-10-7-13(8-11-22)20-15-4-3-9-18-21-15/h3-6,9,13H,7-8,10-11H2,1-2H3,(H,20,21). The van der Waals surface area contributed by atoms with Crippen LogP contribution in [0, 0.1) is 6.92 Å². The number of methoxy groups -OCH3 is 1. The summed E-state index contributed by atoms with van der Waals surface area (Å²) >= 11 is 0. The highest BCUT2D eigenvalue weighted by Crippen LogP contribution is 2.21. The molecule has 1 N–H and O–H groups in total. The summed E-state index contributed by atoms with van der Waals surface area (Å²) in [6, 6.07) is 7.66. The Balaban J connectivity index is 1.61. The molecule has 126 valence electrons. The van der Waals surface area contributed by atoms with E-state index in [-0.39, 0.29) is 5.91 Å². The second-order valence-electron chi connectivity index (χ2n) is 5.83. The van der Waals surface area contributed by atoms with E-state index in [1.807, 2.05) is 30.0 Å². The minimum Gasteiger partial charge on any atom is -0.480 e. The highest BCUT2D eigenvalue weighted by Gasteiger charge is 2.26. The lowest BCUT2D eigenvalue weighted by Gasteiger charge is -2.32. The number of nitrogens with zero attached hydrogens (tertiary/aromatic N) is 4. The van der Waals surface area contributed by atoms with Crippen LogP contribution >= 0.6 is 0 Å². The topological polar surface area (TPSA) is 80.2 Å². The number of hydrogen-bond acceptors (Lipinski definition) is 6. The molecule has 7 nitrogen and oxygen atoms in total. The second-order valence-corrected chi connectivity index (χ2v) is 5.83. The number of hydrogen-bond donors (Lipinski definition) is 1. The molecule has 1 fully saturated rings. The third-order valence-electron chi connectivity index (χ3n) is 4.13. The average Bonchev–Trinajstić information content (AvgIpc) is 2.62. The van der Waals surface area contributed by atoms with Gasteiger partial charge < -0.3 is 15.0 Å². The number of aromatic nitrogens is 3. The lowest BCUT2D eigenvalue weighted by Crippen LogP contribution is -2.42. The molecule has 3 heterocycles. The Morgan fingerprint density at radius 1 is 1.29 bits per heavy atom. The van der Waals surface area contributed by atoms with Gasteiger partial charge in [-0.3, -0.25) is 4.79 Å². The minimum atomic E-state index is -0.0303. The van der Waals surface area contributed by atoms with Gasteiger partial charge in [0.2, 0.25) is 5.88 Å². The molecule has 0 unspecified atom stereocenters. The van der Waals surface area contributed by atoms with E-state index in [0.717, 1.165) is 24.4 Å². The molecule has 0 aliphatic carbocycles. The number of likely N-dealkylation sites (tertiary alicyclic amines) is 1. The zero-order chi connectivity index (χ0) is 16.9. The van der Waals surface area contributed by atoms with Crippen LogP contribution in [-0.4, -0.2) is 52.2 Å². The van der Waals surface area contributed by atoms with E-state index in [4.69, 9.17) is 4.74 Å². The summed E-state index contributed by atoms with van der Waals surface area (Å²) in [7, 11) is 1.54.